The SMILES string of the molecule is [2H]c1cccc([2H])c1C(C)(C)C. The highest BCUT2D eigenvalue weighted by molar-refractivity contribution is 5.21. The van der Waals surface area contributed by atoms with E-state index in [9.17, 15) is 0 Å². The van der Waals surface area contributed by atoms with Crippen LogP contribution >= 0.6 is 0 Å². The van der Waals surface area contributed by atoms with Gasteiger partial charge in [0.1, 0.15) is 0 Å². The van der Waals surface area contributed by atoms with E-state index in [0.29, 0.717) is 12.1 Å². The monoisotopic (exact) mass is 136 g/mol. The first-order valence-corrected chi connectivity index (χ1v) is 3.49. The first-order valence-electron chi connectivity index (χ1n) is 4.49. The van der Waals surface area contributed by atoms with E-state index < -0.39 is 0 Å². The van der Waals surface area contributed by atoms with E-state index in [2.05, 4.69) is 0 Å². The molecular weight excluding hydrogens is 120 g/mol. The van der Waals surface area contributed by atoms with Gasteiger partial charge in [0.15, 0.2) is 0 Å². The summed E-state index contributed by atoms with van der Waals surface area (Å²) in [6.07, 6.45) is 0. The minimum atomic E-state index is -0.102. The lowest BCUT2D eigenvalue weighted by Crippen LogP contribution is -2.10. The van der Waals surface area contributed by atoms with Gasteiger partial charge in [-0.15, -0.1) is 0 Å². The molecule has 0 aromatic heterocycles. The zero-order chi connectivity index (χ0) is 9.35. The molecule has 0 unspecified atom stereocenters. The van der Waals surface area contributed by atoms with Crippen molar-refractivity contribution >= 4 is 0 Å². The van der Waals surface area contributed by atoms with Gasteiger partial charge in [0.05, 0.1) is 2.74 Å². The molecule has 0 amide bonds. The second-order valence-electron chi connectivity index (χ2n) is 3.44. The molecular formula is C10H14. The van der Waals surface area contributed by atoms with Gasteiger partial charge in [0.25, 0.3) is 0 Å². The summed E-state index contributed by atoms with van der Waals surface area (Å²) in [6.45, 7) is 6.08. The molecule has 0 spiro atoms. The molecule has 1 aromatic carbocycles. The Morgan fingerprint density at radius 3 is 1.90 bits per heavy atom. The van der Waals surface area contributed by atoms with Crippen LogP contribution in [0.2, 0.25) is 0 Å². The smallest absolute Gasteiger partial charge is 0.0622 e. The molecule has 54 valence electrons. The van der Waals surface area contributed by atoms with Crippen molar-refractivity contribution in [3.63, 3.8) is 0 Å². The van der Waals surface area contributed by atoms with Gasteiger partial charge in [-0.2, -0.15) is 0 Å². The van der Waals surface area contributed by atoms with Crippen molar-refractivity contribution in [2.24, 2.45) is 0 Å². The Labute approximate surface area is 65.7 Å². The summed E-state index contributed by atoms with van der Waals surface area (Å²) in [6, 6.07) is 6.15. The molecule has 0 aliphatic heterocycles. The fraction of sp³-hybridized carbons (Fsp3) is 0.400. The number of benzene rings is 1. The molecule has 0 heteroatoms. The van der Waals surface area contributed by atoms with E-state index in [1.807, 2.05) is 20.8 Å². The second-order valence-corrected chi connectivity index (χ2v) is 3.44. The lowest BCUT2D eigenvalue weighted by Gasteiger charge is -2.18. The quantitative estimate of drug-likeness (QED) is 0.514. The molecule has 0 bridgehead atoms. The van der Waals surface area contributed by atoms with Gasteiger partial charge in [-0.05, 0) is 11.0 Å². The minimum absolute atomic E-state index is 0.102. The molecule has 10 heavy (non-hydrogen) atoms. The van der Waals surface area contributed by atoms with E-state index in [1.54, 1.807) is 18.2 Å². The Bertz CT molecular complexity index is 264. The maximum absolute atomic E-state index is 7.65. The van der Waals surface area contributed by atoms with E-state index in [-0.39, 0.29) is 5.41 Å². The summed E-state index contributed by atoms with van der Waals surface area (Å²) in [5.74, 6) is 0. The highest BCUT2D eigenvalue weighted by atomic mass is 14.2. The lowest BCUT2D eigenvalue weighted by molar-refractivity contribution is 0.590. The summed E-state index contributed by atoms with van der Waals surface area (Å²) in [5, 5.41) is 0. The fourth-order valence-electron chi connectivity index (χ4n) is 0.786. The molecule has 0 heterocycles. The average molecular weight is 136 g/mol. The molecule has 0 N–H and O–H groups in total. The molecule has 0 aliphatic carbocycles. The predicted octanol–water partition coefficient (Wildman–Crippen LogP) is 2.98. The summed E-state index contributed by atoms with van der Waals surface area (Å²) < 4.78 is 15.3. The summed E-state index contributed by atoms with van der Waals surface area (Å²) in [7, 11) is 0. The normalized spacial score (nSPS) is 14.3. The third kappa shape index (κ3) is 1.60. The summed E-state index contributed by atoms with van der Waals surface area (Å²) >= 11 is 0. The topological polar surface area (TPSA) is 0 Å². The van der Waals surface area contributed by atoms with Crippen molar-refractivity contribution in [2.75, 3.05) is 0 Å². The molecule has 1 aromatic rings. The standard InChI is InChI=1S/C10H14/c1-10(2,3)9-7-5-4-6-8-9/h4-8H,1-3H3/i7D,8D. The van der Waals surface area contributed by atoms with Crippen molar-refractivity contribution in [3.05, 3.63) is 35.8 Å². The zero-order valence-electron chi connectivity index (χ0n) is 8.73. The second kappa shape index (κ2) is 2.45. The molecule has 0 saturated heterocycles. The zero-order valence-corrected chi connectivity index (χ0v) is 6.73. The molecule has 0 saturated carbocycles. The van der Waals surface area contributed by atoms with Crippen LogP contribution in [0.3, 0.4) is 0 Å². The maximum atomic E-state index is 7.65. The number of hydrogen-bond donors (Lipinski definition) is 0. The van der Waals surface area contributed by atoms with Gasteiger partial charge in [0.2, 0.25) is 0 Å². The molecule has 1 rings (SSSR count). The van der Waals surface area contributed by atoms with Crippen molar-refractivity contribution in [3.8, 4) is 0 Å². The summed E-state index contributed by atoms with van der Waals surface area (Å²) in [4.78, 5) is 0. The minimum Gasteiger partial charge on any atom is -0.0622 e. The predicted molar refractivity (Wildman–Crippen MR) is 45.1 cm³/mol. The van der Waals surface area contributed by atoms with Crippen molar-refractivity contribution in [1.29, 1.82) is 0 Å². The largest absolute Gasteiger partial charge is 0.0626 e. The van der Waals surface area contributed by atoms with Gasteiger partial charge in [0, 0.05) is 0 Å². The van der Waals surface area contributed by atoms with Crippen LogP contribution in [0.15, 0.2) is 30.3 Å². The molecule has 0 aliphatic rings. The van der Waals surface area contributed by atoms with Crippen LogP contribution < -0.4 is 0 Å². The third-order valence-corrected chi connectivity index (χ3v) is 1.40. The molecule has 0 nitrogen and oxygen atoms in total. The van der Waals surface area contributed by atoms with Crippen molar-refractivity contribution in [1.82, 2.24) is 0 Å². The van der Waals surface area contributed by atoms with Gasteiger partial charge in [-0.1, -0.05) is 51.1 Å². The van der Waals surface area contributed by atoms with E-state index >= 15 is 0 Å². The lowest BCUT2D eigenvalue weighted by atomic mass is 9.87. The number of rotatable bonds is 0. The van der Waals surface area contributed by atoms with Crippen molar-refractivity contribution in [2.45, 2.75) is 26.2 Å². The van der Waals surface area contributed by atoms with E-state index in [1.165, 1.54) is 0 Å². The first kappa shape index (κ1) is 4.95. The molecule has 0 radical (unpaired) electrons. The van der Waals surface area contributed by atoms with Crippen molar-refractivity contribution < 1.29 is 2.74 Å². The first-order chi connectivity index (χ1) is 5.43. The maximum Gasteiger partial charge on any atom is 0.0626 e. The van der Waals surface area contributed by atoms with Crippen LogP contribution in [0, 0.1) is 0 Å². The highest BCUT2D eigenvalue weighted by Gasteiger charge is 2.11. The number of hydrogen-bond acceptors (Lipinski definition) is 0. The third-order valence-electron chi connectivity index (χ3n) is 1.40. The Kier molecular flexibility index (Phi) is 1.21. The van der Waals surface area contributed by atoms with E-state index in [4.69, 9.17) is 2.74 Å². The Morgan fingerprint density at radius 2 is 1.60 bits per heavy atom. The average Bonchev–Trinajstić information content (AvgIpc) is 1.82. The fourth-order valence-corrected chi connectivity index (χ4v) is 0.786. The summed E-state index contributed by atoms with van der Waals surface area (Å²) in [5.41, 5.74) is 0.722. The molecule has 0 fully saturated rings. The van der Waals surface area contributed by atoms with Gasteiger partial charge in [-0.25, -0.2) is 0 Å². The Hall–Kier alpha value is -0.780. The van der Waals surface area contributed by atoms with Gasteiger partial charge in [-0.3, -0.25) is 0 Å². The van der Waals surface area contributed by atoms with E-state index in [0.717, 1.165) is 5.56 Å². The van der Waals surface area contributed by atoms with Crippen LogP contribution in [-0.4, -0.2) is 0 Å². The van der Waals surface area contributed by atoms with Crippen LogP contribution in [0.5, 0.6) is 0 Å². The van der Waals surface area contributed by atoms with Crippen LogP contribution in [0.1, 0.15) is 29.1 Å². The Balaban J connectivity index is 3.31. The van der Waals surface area contributed by atoms with Crippen LogP contribution in [-0.2, 0) is 5.41 Å². The van der Waals surface area contributed by atoms with Gasteiger partial charge >= 0.3 is 0 Å². The Morgan fingerprint density at radius 1 is 1.10 bits per heavy atom. The van der Waals surface area contributed by atoms with Crippen LogP contribution in [0.25, 0.3) is 0 Å². The van der Waals surface area contributed by atoms with Gasteiger partial charge < -0.3 is 0 Å². The highest BCUT2D eigenvalue weighted by Crippen LogP contribution is 2.20. The molecule has 0 atom stereocenters. The van der Waals surface area contributed by atoms with Crippen LogP contribution in [0.4, 0.5) is 0 Å².